The lowest BCUT2D eigenvalue weighted by atomic mass is 9.78. The molecule has 0 saturated heterocycles. The molecule has 8 rings (SSSR count). The first-order valence-corrected chi connectivity index (χ1v) is 16.6. The van der Waals surface area contributed by atoms with Gasteiger partial charge in [-0.25, -0.2) is 0 Å². The van der Waals surface area contributed by atoms with Crippen LogP contribution in [-0.4, -0.2) is 0 Å². The summed E-state index contributed by atoms with van der Waals surface area (Å²) in [6, 6.07) is 60.1. The second kappa shape index (κ2) is 11.1. The van der Waals surface area contributed by atoms with Crippen LogP contribution in [0.2, 0.25) is 0 Å². The van der Waals surface area contributed by atoms with Gasteiger partial charge in [0.2, 0.25) is 0 Å². The quantitative estimate of drug-likeness (QED) is 0.182. The third-order valence-corrected chi connectivity index (χ3v) is 10.4. The number of hydrogen-bond donors (Lipinski definition) is 0. The lowest BCUT2D eigenvalue weighted by Gasteiger charge is -2.30. The first-order valence-electron chi connectivity index (χ1n) is 16.6. The highest BCUT2D eigenvalue weighted by atomic mass is 15.1. The summed E-state index contributed by atoms with van der Waals surface area (Å²) in [7, 11) is 0. The highest BCUT2D eigenvalue weighted by molar-refractivity contribution is 5.94. The Morgan fingerprint density at radius 2 is 0.915 bits per heavy atom. The fourth-order valence-corrected chi connectivity index (χ4v) is 7.48. The van der Waals surface area contributed by atoms with E-state index in [1.165, 1.54) is 55.3 Å². The van der Waals surface area contributed by atoms with Crippen molar-refractivity contribution in [2.75, 3.05) is 4.90 Å². The summed E-state index contributed by atoms with van der Waals surface area (Å²) in [6.45, 7) is 9.35. The zero-order chi connectivity index (χ0) is 32.2. The molecule has 0 bridgehead atoms. The van der Waals surface area contributed by atoms with E-state index in [0.717, 1.165) is 17.1 Å². The first-order chi connectivity index (χ1) is 22.8. The minimum absolute atomic E-state index is 0.102. The summed E-state index contributed by atoms with van der Waals surface area (Å²) in [4.78, 5) is 2.41. The molecule has 1 nitrogen and oxygen atoms in total. The van der Waals surface area contributed by atoms with E-state index in [9.17, 15) is 0 Å². The first kappa shape index (κ1) is 29.0. The lowest BCUT2D eigenvalue weighted by molar-refractivity contribution is 0.641. The van der Waals surface area contributed by atoms with E-state index >= 15 is 0 Å². The van der Waals surface area contributed by atoms with Crippen molar-refractivity contribution >= 4 is 27.8 Å². The van der Waals surface area contributed by atoms with Crippen molar-refractivity contribution in [3.8, 4) is 22.3 Å². The molecule has 0 aromatic heterocycles. The van der Waals surface area contributed by atoms with Crippen molar-refractivity contribution in [2.45, 2.75) is 38.5 Å². The minimum Gasteiger partial charge on any atom is -0.310 e. The second-order valence-electron chi connectivity index (χ2n) is 13.9. The van der Waals surface area contributed by atoms with Gasteiger partial charge in [0.25, 0.3) is 0 Å². The molecule has 1 aliphatic carbocycles. The maximum Gasteiger partial charge on any atom is 0.0465 e. The molecule has 0 amide bonds. The Balaban J connectivity index is 1.24. The van der Waals surface area contributed by atoms with Crippen LogP contribution in [0.1, 0.15) is 49.9 Å². The van der Waals surface area contributed by atoms with E-state index in [0.29, 0.717) is 0 Å². The van der Waals surface area contributed by atoms with Crippen molar-refractivity contribution < 1.29 is 0 Å². The SMILES string of the molecule is CC(C)(c1ccccc1)c1ccc(N(c2ccc(-c3ccccc3)cc2)c2ccc3c(c2)C(C)(C)c2cc4ccccc4cc2-3)cc1. The summed E-state index contributed by atoms with van der Waals surface area (Å²) in [6.07, 6.45) is 0. The van der Waals surface area contributed by atoms with E-state index in [1.807, 2.05) is 0 Å². The average Bonchev–Trinajstić information content (AvgIpc) is 3.33. The zero-order valence-corrected chi connectivity index (χ0v) is 27.5. The largest absolute Gasteiger partial charge is 0.310 e. The Morgan fingerprint density at radius 1 is 0.426 bits per heavy atom. The smallest absolute Gasteiger partial charge is 0.0465 e. The zero-order valence-electron chi connectivity index (χ0n) is 27.5. The predicted octanol–water partition coefficient (Wildman–Crippen LogP) is 12.6. The van der Waals surface area contributed by atoms with Gasteiger partial charge in [-0.1, -0.05) is 143 Å². The van der Waals surface area contributed by atoms with Crippen LogP contribution in [0, 0.1) is 0 Å². The van der Waals surface area contributed by atoms with Gasteiger partial charge in [0.05, 0.1) is 0 Å². The van der Waals surface area contributed by atoms with Crippen molar-refractivity contribution in [1.29, 1.82) is 0 Å². The van der Waals surface area contributed by atoms with Crippen LogP contribution < -0.4 is 4.90 Å². The Hall–Kier alpha value is -5.40. The molecule has 7 aromatic carbocycles. The molecule has 0 fully saturated rings. The van der Waals surface area contributed by atoms with E-state index in [4.69, 9.17) is 0 Å². The van der Waals surface area contributed by atoms with Crippen LogP contribution >= 0.6 is 0 Å². The van der Waals surface area contributed by atoms with Crippen LogP contribution in [0.15, 0.2) is 164 Å². The molecule has 0 atom stereocenters. The van der Waals surface area contributed by atoms with Gasteiger partial charge in [0, 0.05) is 27.9 Å². The van der Waals surface area contributed by atoms with Gasteiger partial charge in [-0.15, -0.1) is 0 Å². The highest BCUT2D eigenvalue weighted by Gasteiger charge is 2.36. The van der Waals surface area contributed by atoms with Crippen LogP contribution in [-0.2, 0) is 10.8 Å². The Bertz CT molecular complexity index is 2210. The molecular weight excluding hydrogens is 567 g/mol. The monoisotopic (exact) mass is 605 g/mol. The van der Waals surface area contributed by atoms with Crippen molar-refractivity contribution in [2.24, 2.45) is 0 Å². The third kappa shape index (κ3) is 4.95. The normalized spacial score (nSPS) is 13.3. The van der Waals surface area contributed by atoms with Gasteiger partial charge < -0.3 is 4.90 Å². The molecule has 47 heavy (non-hydrogen) atoms. The van der Waals surface area contributed by atoms with Gasteiger partial charge in [-0.05, 0) is 104 Å². The molecule has 228 valence electrons. The highest BCUT2D eigenvalue weighted by Crippen LogP contribution is 2.52. The van der Waals surface area contributed by atoms with Gasteiger partial charge in [-0.3, -0.25) is 0 Å². The standard InChI is InChI=1S/C46H39N/c1-45(2,36-17-9-6-10-18-36)37-21-25-39(26-22-37)47(38-23-19-33(20-24-38)32-13-7-5-8-14-32)40-27-28-41-42-29-34-15-11-12-16-35(34)30-43(42)46(3,4)44(41)31-40/h5-31H,1-4H3. The van der Waals surface area contributed by atoms with E-state index < -0.39 is 0 Å². The topological polar surface area (TPSA) is 3.24 Å². The number of anilines is 3. The Labute approximate surface area is 278 Å². The molecular formula is C46H39N. The van der Waals surface area contributed by atoms with Crippen LogP contribution in [0.25, 0.3) is 33.0 Å². The molecule has 0 saturated carbocycles. The Morgan fingerprint density at radius 3 is 1.57 bits per heavy atom. The minimum atomic E-state index is -0.114. The maximum absolute atomic E-state index is 2.42. The maximum atomic E-state index is 2.42. The Kier molecular flexibility index (Phi) is 6.88. The molecule has 0 radical (unpaired) electrons. The van der Waals surface area contributed by atoms with Gasteiger partial charge >= 0.3 is 0 Å². The van der Waals surface area contributed by atoms with Crippen molar-refractivity contribution in [3.05, 3.63) is 186 Å². The summed E-state index contributed by atoms with van der Waals surface area (Å²) in [5.74, 6) is 0. The molecule has 0 spiro atoms. The molecule has 1 heteroatoms. The summed E-state index contributed by atoms with van der Waals surface area (Å²) in [5, 5.41) is 2.59. The fourth-order valence-electron chi connectivity index (χ4n) is 7.48. The van der Waals surface area contributed by atoms with Gasteiger partial charge in [0.15, 0.2) is 0 Å². The summed E-state index contributed by atoms with van der Waals surface area (Å²) >= 11 is 0. The molecule has 7 aromatic rings. The van der Waals surface area contributed by atoms with E-state index in [2.05, 4.69) is 196 Å². The van der Waals surface area contributed by atoms with E-state index in [-0.39, 0.29) is 10.8 Å². The number of nitrogens with zero attached hydrogens (tertiary/aromatic N) is 1. The molecule has 0 N–H and O–H groups in total. The predicted molar refractivity (Wildman–Crippen MR) is 200 cm³/mol. The number of rotatable bonds is 6. The number of hydrogen-bond acceptors (Lipinski definition) is 1. The number of benzene rings is 7. The third-order valence-electron chi connectivity index (χ3n) is 10.4. The lowest BCUT2D eigenvalue weighted by Crippen LogP contribution is -2.19. The fraction of sp³-hybridized carbons (Fsp3) is 0.130. The average molecular weight is 606 g/mol. The van der Waals surface area contributed by atoms with Crippen molar-refractivity contribution in [3.63, 3.8) is 0 Å². The van der Waals surface area contributed by atoms with Gasteiger partial charge in [-0.2, -0.15) is 0 Å². The molecule has 0 aliphatic heterocycles. The molecule has 0 heterocycles. The number of fused-ring (bicyclic) bond motifs is 4. The van der Waals surface area contributed by atoms with E-state index in [1.54, 1.807) is 0 Å². The summed E-state index contributed by atoms with van der Waals surface area (Å²) in [5.41, 5.74) is 13.7. The summed E-state index contributed by atoms with van der Waals surface area (Å²) < 4.78 is 0. The van der Waals surface area contributed by atoms with Crippen LogP contribution in [0.4, 0.5) is 17.1 Å². The van der Waals surface area contributed by atoms with Crippen LogP contribution in [0.5, 0.6) is 0 Å². The van der Waals surface area contributed by atoms with Gasteiger partial charge in [0.1, 0.15) is 0 Å². The van der Waals surface area contributed by atoms with Crippen LogP contribution in [0.3, 0.4) is 0 Å². The van der Waals surface area contributed by atoms with Crippen molar-refractivity contribution in [1.82, 2.24) is 0 Å². The molecule has 1 aliphatic rings. The second-order valence-corrected chi connectivity index (χ2v) is 13.9. The molecule has 0 unspecified atom stereocenters.